The van der Waals surface area contributed by atoms with Gasteiger partial charge in [-0.25, -0.2) is 0 Å². The zero-order chi connectivity index (χ0) is 18.2. The number of hydrogen-bond acceptors (Lipinski definition) is 4. The lowest BCUT2D eigenvalue weighted by molar-refractivity contribution is -0.146. The Bertz CT molecular complexity index is 778. The quantitative estimate of drug-likeness (QED) is 0.724. The van der Waals surface area contributed by atoms with Crippen molar-refractivity contribution >= 4 is 39.4 Å². The molecule has 0 heterocycles. The van der Waals surface area contributed by atoms with E-state index in [9.17, 15) is 14.4 Å². The molecule has 7 heteroatoms. The number of rotatable bonds is 6. The summed E-state index contributed by atoms with van der Waals surface area (Å²) in [6, 6.07) is 13.9. The molecule has 0 aliphatic carbocycles. The van der Waals surface area contributed by atoms with Gasteiger partial charge in [0.2, 0.25) is 0 Å². The molecule has 2 aromatic rings. The van der Waals surface area contributed by atoms with Crippen molar-refractivity contribution in [3.8, 4) is 0 Å². The van der Waals surface area contributed by atoms with E-state index in [-0.39, 0.29) is 12.5 Å². The number of carbonyl (C=O) groups excluding carboxylic acids is 3. The van der Waals surface area contributed by atoms with Gasteiger partial charge in [-0.15, -0.1) is 0 Å². The van der Waals surface area contributed by atoms with E-state index in [0.717, 1.165) is 10.0 Å². The van der Waals surface area contributed by atoms with Gasteiger partial charge in [0.15, 0.2) is 6.61 Å². The average Bonchev–Trinajstić information content (AvgIpc) is 2.61. The van der Waals surface area contributed by atoms with Gasteiger partial charge in [0.25, 0.3) is 11.8 Å². The summed E-state index contributed by atoms with van der Waals surface area (Å²) in [4.78, 5) is 35.2. The summed E-state index contributed by atoms with van der Waals surface area (Å²) in [5, 5.41) is 5.06. The molecule has 130 valence electrons. The van der Waals surface area contributed by atoms with Crippen LogP contribution in [0, 0.1) is 6.92 Å². The lowest BCUT2D eigenvalue weighted by Crippen LogP contribution is -2.32. The summed E-state index contributed by atoms with van der Waals surface area (Å²) in [6.07, 6.45) is 0. The van der Waals surface area contributed by atoms with Crippen LogP contribution in [0.4, 0.5) is 5.69 Å². The molecule has 0 aliphatic rings. The van der Waals surface area contributed by atoms with Crippen LogP contribution >= 0.6 is 15.9 Å². The van der Waals surface area contributed by atoms with Crippen LogP contribution in [0.3, 0.4) is 0 Å². The largest absolute Gasteiger partial charge is 0.454 e. The van der Waals surface area contributed by atoms with E-state index >= 15 is 0 Å². The third kappa shape index (κ3) is 6.04. The Hall–Kier alpha value is -2.67. The van der Waals surface area contributed by atoms with Crippen LogP contribution in [-0.2, 0) is 14.3 Å². The minimum atomic E-state index is -0.690. The first kappa shape index (κ1) is 18.7. The van der Waals surface area contributed by atoms with Gasteiger partial charge in [0.05, 0.1) is 0 Å². The second-order valence-corrected chi connectivity index (χ2v) is 6.08. The SMILES string of the molecule is Cc1ccc(NC(=O)COC(=O)CNC(=O)c2ccccc2)cc1Br. The Morgan fingerprint density at radius 3 is 2.48 bits per heavy atom. The molecule has 0 fully saturated rings. The van der Waals surface area contributed by atoms with Gasteiger partial charge < -0.3 is 15.4 Å². The van der Waals surface area contributed by atoms with Gasteiger partial charge in [-0.05, 0) is 36.8 Å². The number of carbonyl (C=O) groups is 3. The summed E-state index contributed by atoms with van der Waals surface area (Å²) in [5.74, 6) is -1.53. The number of ether oxygens (including phenoxy) is 1. The van der Waals surface area contributed by atoms with Crippen LogP contribution in [0.1, 0.15) is 15.9 Å². The maximum absolute atomic E-state index is 11.8. The van der Waals surface area contributed by atoms with Crippen molar-refractivity contribution < 1.29 is 19.1 Å². The molecule has 0 aliphatic heterocycles. The molecule has 0 radical (unpaired) electrons. The molecule has 2 amide bonds. The van der Waals surface area contributed by atoms with Gasteiger partial charge in [-0.3, -0.25) is 14.4 Å². The van der Waals surface area contributed by atoms with Crippen LogP contribution < -0.4 is 10.6 Å². The highest BCUT2D eigenvalue weighted by atomic mass is 79.9. The normalized spacial score (nSPS) is 10.0. The molecule has 2 N–H and O–H groups in total. The molecule has 0 atom stereocenters. The number of hydrogen-bond donors (Lipinski definition) is 2. The number of benzene rings is 2. The number of halogens is 1. The molecule has 6 nitrogen and oxygen atoms in total. The van der Waals surface area contributed by atoms with E-state index < -0.39 is 18.5 Å². The van der Waals surface area contributed by atoms with Crippen LogP contribution in [-0.4, -0.2) is 30.9 Å². The molecule has 0 saturated heterocycles. The zero-order valence-corrected chi connectivity index (χ0v) is 15.1. The van der Waals surface area contributed by atoms with E-state index in [1.807, 2.05) is 13.0 Å². The average molecular weight is 405 g/mol. The van der Waals surface area contributed by atoms with Crippen molar-refractivity contribution in [1.29, 1.82) is 0 Å². The topological polar surface area (TPSA) is 84.5 Å². The molecule has 0 bridgehead atoms. The van der Waals surface area contributed by atoms with Crippen molar-refractivity contribution in [1.82, 2.24) is 5.32 Å². The third-order valence-corrected chi connectivity index (χ3v) is 4.10. The molecular formula is C18H17BrN2O4. The third-order valence-electron chi connectivity index (χ3n) is 3.25. The fraction of sp³-hybridized carbons (Fsp3) is 0.167. The molecule has 0 aromatic heterocycles. The summed E-state index contributed by atoms with van der Waals surface area (Å²) in [5.41, 5.74) is 2.08. The van der Waals surface area contributed by atoms with Crippen LogP contribution in [0.5, 0.6) is 0 Å². The first-order valence-corrected chi connectivity index (χ1v) is 8.30. The number of amides is 2. The second-order valence-electron chi connectivity index (χ2n) is 5.22. The van der Waals surface area contributed by atoms with E-state index in [1.54, 1.807) is 42.5 Å². The number of anilines is 1. The van der Waals surface area contributed by atoms with Crippen molar-refractivity contribution in [2.75, 3.05) is 18.5 Å². The lowest BCUT2D eigenvalue weighted by atomic mass is 10.2. The van der Waals surface area contributed by atoms with E-state index in [4.69, 9.17) is 4.74 Å². The fourth-order valence-electron chi connectivity index (χ4n) is 1.91. The van der Waals surface area contributed by atoms with Crippen LogP contribution in [0.25, 0.3) is 0 Å². The van der Waals surface area contributed by atoms with Crippen molar-refractivity contribution in [3.05, 3.63) is 64.1 Å². The molecule has 2 aromatic carbocycles. The Labute approximate surface area is 153 Å². The highest BCUT2D eigenvalue weighted by Crippen LogP contribution is 2.20. The Kier molecular flexibility index (Phi) is 6.71. The fourth-order valence-corrected chi connectivity index (χ4v) is 2.29. The molecule has 0 unspecified atom stereocenters. The maximum atomic E-state index is 11.8. The number of aryl methyl sites for hydroxylation is 1. The summed E-state index contributed by atoms with van der Waals surface area (Å²) < 4.78 is 5.71. The van der Waals surface area contributed by atoms with Gasteiger partial charge in [-0.2, -0.15) is 0 Å². The molecule has 2 rings (SSSR count). The molecule has 0 spiro atoms. The van der Waals surface area contributed by atoms with Gasteiger partial charge in [-0.1, -0.05) is 40.2 Å². The van der Waals surface area contributed by atoms with Crippen LogP contribution in [0.15, 0.2) is 53.0 Å². The predicted molar refractivity (Wildman–Crippen MR) is 97.2 cm³/mol. The summed E-state index contributed by atoms with van der Waals surface area (Å²) >= 11 is 3.37. The minimum Gasteiger partial charge on any atom is -0.454 e. The maximum Gasteiger partial charge on any atom is 0.325 e. The van der Waals surface area contributed by atoms with E-state index in [0.29, 0.717) is 11.3 Å². The number of esters is 1. The van der Waals surface area contributed by atoms with E-state index in [2.05, 4.69) is 26.6 Å². The predicted octanol–water partition coefficient (Wildman–Crippen LogP) is 2.67. The van der Waals surface area contributed by atoms with Crippen molar-refractivity contribution in [2.45, 2.75) is 6.92 Å². The van der Waals surface area contributed by atoms with Crippen molar-refractivity contribution in [3.63, 3.8) is 0 Å². The first-order chi connectivity index (χ1) is 12.0. The lowest BCUT2D eigenvalue weighted by Gasteiger charge is -2.08. The summed E-state index contributed by atoms with van der Waals surface area (Å²) in [6.45, 7) is 1.20. The van der Waals surface area contributed by atoms with Gasteiger partial charge in [0.1, 0.15) is 6.54 Å². The molecular weight excluding hydrogens is 388 g/mol. The van der Waals surface area contributed by atoms with E-state index in [1.165, 1.54) is 0 Å². The Morgan fingerprint density at radius 2 is 1.80 bits per heavy atom. The molecule has 25 heavy (non-hydrogen) atoms. The van der Waals surface area contributed by atoms with Crippen LogP contribution in [0.2, 0.25) is 0 Å². The summed E-state index contributed by atoms with van der Waals surface area (Å²) in [7, 11) is 0. The number of nitrogens with one attached hydrogen (secondary N) is 2. The Morgan fingerprint density at radius 1 is 1.08 bits per heavy atom. The zero-order valence-electron chi connectivity index (χ0n) is 13.5. The molecule has 0 saturated carbocycles. The van der Waals surface area contributed by atoms with Gasteiger partial charge >= 0.3 is 5.97 Å². The monoisotopic (exact) mass is 404 g/mol. The minimum absolute atomic E-state index is 0.308. The second kappa shape index (κ2) is 8.98. The smallest absolute Gasteiger partial charge is 0.325 e. The van der Waals surface area contributed by atoms with Crippen molar-refractivity contribution in [2.24, 2.45) is 0 Å². The standard InChI is InChI=1S/C18H17BrN2O4/c1-12-7-8-14(9-15(12)19)21-16(22)11-25-17(23)10-20-18(24)13-5-3-2-4-6-13/h2-9H,10-11H2,1H3,(H,20,24)(H,21,22). The first-order valence-electron chi connectivity index (χ1n) is 7.50. The van der Waals surface area contributed by atoms with Gasteiger partial charge in [0, 0.05) is 15.7 Å². The highest BCUT2D eigenvalue weighted by molar-refractivity contribution is 9.10. The highest BCUT2D eigenvalue weighted by Gasteiger charge is 2.11. The Balaban J connectivity index is 1.73.